The SMILES string of the molecule is COc1ccccc1NC(=NCc1ccccn1)NC(=O)c1cccc(C)c1. The minimum Gasteiger partial charge on any atom is -0.495 e. The lowest BCUT2D eigenvalue weighted by Crippen LogP contribution is -2.36. The van der Waals surface area contributed by atoms with Crippen LogP contribution in [0.5, 0.6) is 5.75 Å². The fourth-order valence-electron chi connectivity index (χ4n) is 2.60. The van der Waals surface area contributed by atoms with E-state index in [0.29, 0.717) is 29.5 Å². The third-order valence-corrected chi connectivity index (χ3v) is 4.00. The van der Waals surface area contributed by atoms with Crippen LogP contribution in [0.1, 0.15) is 21.6 Å². The van der Waals surface area contributed by atoms with Crippen molar-refractivity contribution in [2.24, 2.45) is 4.99 Å². The van der Waals surface area contributed by atoms with Crippen molar-refractivity contribution in [2.45, 2.75) is 13.5 Å². The van der Waals surface area contributed by atoms with E-state index in [1.165, 1.54) is 0 Å². The van der Waals surface area contributed by atoms with Crippen molar-refractivity contribution in [2.75, 3.05) is 12.4 Å². The summed E-state index contributed by atoms with van der Waals surface area (Å²) in [5.74, 6) is 0.727. The second-order valence-corrected chi connectivity index (χ2v) is 6.13. The van der Waals surface area contributed by atoms with E-state index in [1.807, 2.05) is 67.6 Å². The Kier molecular flexibility index (Phi) is 6.36. The third-order valence-electron chi connectivity index (χ3n) is 4.00. The molecular weight excluding hydrogens is 352 g/mol. The van der Waals surface area contributed by atoms with Gasteiger partial charge in [-0.1, -0.05) is 35.9 Å². The summed E-state index contributed by atoms with van der Waals surface area (Å²) in [6.45, 7) is 2.27. The second kappa shape index (κ2) is 9.32. The highest BCUT2D eigenvalue weighted by atomic mass is 16.5. The van der Waals surface area contributed by atoms with Crippen LogP contribution >= 0.6 is 0 Å². The van der Waals surface area contributed by atoms with Crippen molar-refractivity contribution in [1.29, 1.82) is 0 Å². The van der Waals surface area contributed by atoms with Gasteiger partial charge in [-0.3, -0.25) is 15.1 Å². The van der Waals surface area contributed by atoms with Gasteiger partial charge in [0.05, 0.1) is 25.0 Å². The zero-order chi connectivity index (χ0) is 19.8. The molecule has 0 aliphatic rings. The van der Waals surface area contributed by atoms with Crippen LogP contribution in [-0.2, 0) is 6.54 Å². The fourth-order valence-corrected chi connectivity index (χ4v) is 2.60. The first kappa shape index (κ1) is 19.1. The van der Waals surface area contributed by atoms with Gasteiger partial charge >= 0.3 is 0 Å². The van der Waals surface area contributed by atoms with Crippen molar-refractivity contribution < 1.29 is 9.53 Å². The lowest BCUT2D eigenvalue weighted by molar-refractivity contribution is 0.0977. The number of hydrogen-bond donors (Lipinski definition) is 2. The number of hydrogen-bond acceptors (Lipinski definition) is 4. The standard InChI is InChI=1S/C22H22N4O2/c1-16-8-7-9-17(14-16)21(27)26-22(24-15-18-10-5-6-13-23-18)25-19-11-3-4-12-20(19)28-2/h3-14H,15H2,1-2H3,(H2,24,25,26,27). The number of pyridine rings is 1. The lowest BCUT2D eigenvalue weighted by Gasteiger charge is -2.14. The van der Waals surface area contributed by atoms with Crippen LogP contribution in [0.25, 0.3) is 0 Å². The summed E-state index contributed by atoms with van der Waals surface area (Å²) >= 11 is 0. The summed E-state index contributed by atoms with van der Waals surface area (Å²) in [5.41, 5.74) is 3.07. The van der Waals surface area contributed by atoms with E-state index < -0.39 is 0 Å². The van der Waals surface area contributed by atoms with E-state index >= 15 is 0 Å². The number of aliphatic imine (C=N–C) groups is 1. The molecule has 0 saturated heterocycles. The molecule has 3 aromatic rings. The number of nitrogens with zero attached hydrogens (tertiary/aromatic N) is 2. The van der Waals surface area contributed by atoms with Gasteiger partial charge in [-0.15, -0.1) is 0 Å². The Morgan fingerprint density at radius 3 is 2.64 bits per heavy atom. The number of rotatable bonds is 5. The number of carbonyl (C=O) groups is 1. The van der Waals surface area contributed by atoms with Gasteiger partial charge in [0.2, 0.25) is 5.96 Å². The highest BCUT2D eigenvalue weighted by molar-refractivity contribution is 6.10. The summed E-state index contributed by atoms with van der Waals surface area (Å²) < 4.78 is 5.37. The van der Waals surface area contributed by atoms with Gasteiger partial charge in [-0.2, -0.15) is 0 Å². The number of nitrogens with one attached hydrogen (secondary N) is 2. The van der Waals surface area contributed by atoms with Crippen LogP contribution in [0.2, 0.25) is 0 Å². The van der Waals surface area contributed by atoms with Gasteiger partial charge < -0.3 is 10.1 Å². The van der Waals surface area contributed by atoms with Gasteiger partial charge in [-0.05, 0) is 43.3 Å². The van der Waals surface area contributed by atoms with Gasteiger partial charge in [0, 0.05) is 11.8 Å². The van der Waals surface area contributed by atoms with Crippen LogP contribution in [0, 0.1) is 6.92 Å². The number of ether oxygens (including phenoxy) is 1. The second-order valence-electron chi connectivity index (χ2n) is 6.13. The van der Waals surface area contributed by atoms with Crippen LogP contribution in [0.15, 0.2) is 77.9 Å². The lowest BCUT2D eigenvalue weighted by atomic mass is 10.1. The molecule has 1 aromatic heterocycles. The van der Waals surface area contributed by atoms with Crippen molar-refractivity contribution in [1.82, 2.24) is 10.3 Å². The summed E-state index contributed by atoms with van der Waals surface area (Å²) in [6.07, 6.45) is 1.71. The molecule has 0 aliphatic heterocycles. The zero-order valence-corrected chi connectivity index (χ0v) is 15.8. The normalized spacial score (nSPS) is 11.0. The fraction of sp³-hybridized carbons (Fsp3) is 0.136. The van der Waals surface area contributed by atoms with E-state index in [4.69, 9.17) is 4.74 Å². The van der Waals surface area contributed by atoms with Crippen LogP contribution < -0.4 is 15.4 Å². The number of methoxy groups -OCH3 is 1. The monoisotopic (exact) mass is 374 g/mol. The molecule has 1 heterocycles. The maximum atomic E-state index is 12.7. The number of aromatic nitrogens is 1. The number of carbonyl (C=O) groups excluding carboxylic acids is 1. The average molecular weight is 374 g/mol. The first-order chi connectivity index (χ1) is 13.7. The van der Waals surface area contributed by atoms with E-state index in [-0.39, 0.29) is 5.91 Å². The summed E-state index contributed by atoms with van der Waals surface area (Å²) in [6, 6.07) is 20.5. The van der Waals surface area contributed by atoms with E-state index in [9.17, 15) is 4.79 Å². The number of para-hydroxylation sites is 2. The molecule has 6 nitrogen and oxygen atoms in total. The Morgan fingerprint density at radius 2 is 1.89 bits per heavy atom. The Labute approximate surface area is 164 Å². The molecule has 6 heteroatoms. The quantitative estimate of drug-likeness (QED) is 0.526. The molecule has 28 heavy (non-hydrogen) atoms. The Balaban J connectivity index is 1.84. The summed E-state index contributed by atoms with van der Waals surface area (Å²) in [5, 5.41) is 6.00. The molecule has 0 bridgehead atoms. The average Bonchev–Trinajstić information content (AvgIpc) is 2.73. The molecule has 0 unspecified atom stereocenters. The Morgan fingerprint density at radius 1 is 1.07 bits per heavy atom. The molecule has 0 radical (unpaired) electrons. The molecule has 0 saturated carbocycles. The highest BCUT2D eigenvalue weighted by Crippen LogP contribution is 2.22. The van der Waals surface area contributed by atoms with Crippen molar-refractivity contribution in [3.05, 3.63) is 89.7 Å². The Hall–Kier alpha value is -3.67. The minimum atomic E-state index is -0.245. The smallest absolute Gasteiger partial charge is 0.257 e. The molecule has 142 valence electrons. The van der Waals surface area contributed by atoms with E-state index in [2.05, 4.69) is 20.6 Å². The molecule has 0 aliphatic carbocycles. The summed E-state index contributed by atoms with van der Waals surface area (Å²) in [7, 11) is 1.59. The maximum absolute atomic E-state index is 12.7. The highest BCUT2D eigenvalue weighted by Gasteiger charge is 2.11. The van der Waals surface area contributed by atoms with Crippen molar-refractivity contribution >= 4 is 17.6 Å². The molecule has 0 atom stereocenters. The molecule has 0 spiro atoms. The van der Waals surface area contributed by atoms with E-state index in [1.54, 1.807) is 19.4 Å². The summed E-state index contributed by atoms with van der Waals surface area (Å²) in [4.78, 5) is 21.5. The molecule has 2 N–H and O–H groups in total. The molecule has 1 amide bonds. The largest absolute Gasteiger partial charge is 0.495 e. The van der Waals surface area contributed by atoms with Crippen molar-refractivity contribution in [3.63, 3.8) is 0 Å². The molecule has 3 rings (SSSR count). The molecule has 2 aromatic carbocycles. The number of amides is 1. The van der Waals surface area contributed by atoms with Gasteiger partial charge in [0.1, 0.15) is 5.75 Å². The first-order valence-electron chi connectivity index (χ1n) is 8.88. The Bertz CT molecular complexity index is 971. The number of aryl methyl sites for hydroxylation is 1. The zero-order valence-electron chi connectivity index (χ0n) is 15.8. The topological polar surface area (TPSA) is 75.6 Å². The predicted molar refractivity (Wildman–Crippen MR) is 111 cm³/mol. The van der Waals surface area contributed by atoms with Crippen LogP contribution in [-0.4, -0.2) is 24.0 Å². The number of guanidine groups is 1. The van der Waals surface area contributed by atoms with Crippen LogP contribution in [0.3, 0.4) is 0 Å². The number of benzene rings is 2. The van der Waals surface area contributed by atoms with E-state index in [0.717, 1.165) is 11.3 Å². The maximum Gasteiger partial charge on any atom is 0.257 e. The molecular formula is C22H22N4O2. The van der Waals surface area contributed by atoms with Gasteiger partial charge in [-0.25, -0.2) is 4.99 Å². The van der Waals surface area contributed by atoms with Gasteiger partial charge in [0.25, 0.3) is 5.91 Å². The third kappa shape index (κ3) is 5.17. The van der Waals surface area contributed by atoms with Crippen LogP contribution in [0.4, 0.5) is 5.69 Å². The predicted octanol–water partition coefficient (Wildman–Crippen LogP) is 3.80. The number of anilines is 1. The minimum absolute atomic E-state index is 0.245. The first-order valence-corrected chi connectivity index (χ1v) is 8.88. The molecule has 0 fully saturated rings. The van der Waals surface area contributed by atoms with Gasteiger partial charge in [0.15, 0.2) is 0 Å². The van der Waals surface area contributed by atoms with Crippen molar-refractivity contribution in [3.8, 4) is 5.75 Å².